The van der Waals surface area contributed by atoms with E-state index in [2.05, 4.69) is 29.3 Å². The number of amides is 1. The van der Waals surface area contributed by atoms with E-state index in [1.54, 1.807) is 7.11 Å². The molecule has 0 atom stereocenters. The van der Waals surface area contributed by atoms with Gasteiger partial charge in [-0.15, -0.1) is 4.91 Å². The van der Waals surface area contributed by atoms with Crippen LogP contribution in [0.15, 0.2) is 17.4 Å². The normalized spacial score (nSPS) is 9.16. The van der Waals surface area contributed by atoms with Gasteiger partial charge in [-0.3, -0.25) is 4.79 Å². The van der Waals surface area contributed by atoms with Crippen LogP contribution in [0.1, 0.15) is 93.4 Å². The molecule has 0 bridgehead atoms. The Labute approximate surface area is 233 Å². The van der Waals surface area contributed by atoms with E-state index in [1.165, 1.54) is 0 Å². The number of carbonyl (C=O) groups excluding carboxylic acids is 1. The van der Waals surface area contributed by atoms with Gasteiger partial charge in [0.15, 0.2) is 11.6 Å². The zero-order valence-electron chi connectivity index (χ0n) is 25.8. The maximum atomic E-state index is 9.82. The summed E-state index contributed by atoms with van der Waals surface area (Å²) in [7, 11) is 1.71. The first-order valence-electron chi connectivity index (χ1n) is 13.7. The summed E-state index contributed by atoms with van der Waals surface area (Å²) in [5, 5.41) is 12.9. The molecule has 0 aromatic carbocycles. The Morgan fingerprint density at radius 1 is 0.895 bits per heavy atom. The Kier molecular flexibility index (Phi) is 77.2. The molecule has 0 radical (unpaired) electrons. The molecule has 234 valence electrons. The van der Waals surface area contributed by atoms with E-state index in [1.807, 2.05) is 34.6 Å². The van der Waals surface area contributed by atoms with Gasteiger partial charge < -0.3 is 46.7 Å². The van der Waals surface area contributed by atoms with Crippen LogP contribution >= 0.6 is 0 Å². The van der Waals surface area contributed by atoms with Gasteiger partial charge >= 0.3 is 0 Å². The molecule has 12 heteroatoms. The van der Waals surface area contributed by atoms with Gasteiger partial charge in [0.05, 0.1) is 0 Å². The van der Waals surface area contributed by atoms with Crippen LogP contribution in [0.4, 0.5) is 0 Å². The van der Waals surface area contributed by atoms with E-state index in [9.17, 15) is 9.70 Å². The van der Waals surface area contributed by atoms with E-state index in [0.717, 1.165) is 77.8 Å². The van der Waals surface area contributed by atoms with Crippen molar-refractivity contribution in [3.05, 3.63) is 17.0 Å². The second kappa shape index (κ2) is 59.9. The van der Waals surface area contributed by atoms with Crippen LogP contribution in [-0.2, 0) is 23.8 Å². The second-order valence-electron chi connectivity index (χ2n) is 6.92. The van der Waals surface area contributed by atoms with Gasteiger partial charge in [0.25, 0.3) is 0 Å². The lowest BCUT2D eigenvalue weighted by Crippen LogP contribution is -2.22. The van der Waals surface area contributed by atoms with Crippen molar-refractivity contribution in [3.63, 3.8) is 0 Å². The summed E-state index contributed by atoms with van der Waals surface area (Å²) >= 11 is 0. The predicted molar refractivity (Wildman–Crippen MR) is 158 cm³/mol. The zero-order valence-corrected chi connectivity index (χ0v) is 25.8. The molecule has 0 aromatic heterocycles. The molecule has 0 aliphatic heterocycles. The number of methoxy groups -OCH3 is 1. The van der Waals surface area contributed by atoms with Crippen molar-refractivity contribution in [2.45, 2.75) is 93.4 Å². The van der Waals surface area contributed by atoms with Crippen LogP contribution in [-0.4, -0.2) is 70.9 Å². The average Bonchev–Trinajstić information content (AvgIpc) is 2.92. The fraction of sp³-hybridized carbons (Fsp3) is 0.885. The predicted octanol–water partition coefficient (Wildman–Crippen LogP) is 3.95. The lowest BCUT2D eigenvalue weighted by atomic mass is 10.3. The smallest absolute Gasteiger partial charge is 0.217 e. The summed E-state index contributed by atoms with van der Waals surface area (Å²) in [5.74, 6) is 0.0672. The van der Waals surface area contributed by atoms with E-state index in [-0.39, 0.29) is 11.7 Å². The van der Waals surface area contributed by atoms with Gasteiger partial charge in [0, 0.05) is 59.7 Å². The third-order valence-corrected chi connectivity index (χ3v) is 3.19. The summed E-state index contributed by atoms with van der Waals surface area (Å²) < 4.78 is 14.9. The van der Waals surface area contributed by atoms with Crippen molar-refractivity contribution < 1.29 is 28.9 Å². The largest absolute Gasteiger partial charge is 0.396 e. The first-order valence-corrected chi connectivity index (χ1v) is 13.7. The van der Waals surface area contributed by atoms with Crippen LogP contribution in [0.25, 0.3) is 0 Å². The lowest BCUT2D eigenvalue weighted by molar-refractivity contribution is -0.118. The second-order valence-corrected chi connectivity index (χ2v) is 6.92. The molecular formula is C26H63N5O7. The van der Waals surface area contributed by atoms with Crippen LogP contribution in [0.3, 0.4) is 0 Å². The highest BCUT2D eigenvalue weighted by molar-refractivity contribution is 5.73. The standard InChI is InChI=1S/C8H17N3O3.C5H13NO.C4H9NO.C4H10O.C3H8O.C2H6/c1-2-5-13-6-3-4-10-8(9)7-14-11-12;1-2-7-5-3-4-6;1-2-3-4(5)6;1-3-4-5-2;1-2-3-4;1-2/h7,10H,2-6,9H2,1H3;2-6H2,1H3;2-3H2,1H3,(H2,5,6);3-4H2,1-2H3;4H,2-3H2,1H3;1-2H3/b8-7-;;;;;. The summed E-state index contributed by atoms with van der Waals surface area (Å²) in [4.78, 5) is 23.4. The molecule has 0 unspecified atom stereocenters. The highest BCUT2D eigenvalue weighted by Crippen LogP contribution is 1.86. The quantitative estimate of drug-likeness (QED) is 0.0712. The minimum absolute atomic E-state index is 0.211. The Morgan fingerprint density at radius 3 is 1.76 bits per heavy atom. The van der Waals surface area contributed by atoms with Gasteiger partial charge in [-0.1, -0.05) is 41.5 Å². The van der Waals surface area contributed by atoms with Crippen molar-refractivity contribution in [3.8, 4) is 0 Å². The molecule has 1 amide bonds. The van der Waals surface area contributed by atoms with Crippen molar-refractivity contribution in [2.24, 2.45) is 22.5 Å². The number of nitrogens with zero attached hydrogens (tertiary/aromatic N) is 1. The van der Waals surface area contributed by atoms with Crippen molar-refractivity contribution in [1.29, 1.82) is 0 Å². The highest BCUT2D eigenvalue weighted by atomic mass is 16.7. The molecule has 8 N–H and O–H groups in total. The van der Waals surface area contributed by atoms with Crippen LogP contribution < -0.4 is 22.5 Å². The molecule has 0 aliphatic carbocycles. The highest BCUT2D eigenvalue weighted by Gasteiger charge is 1.91. The monoisotopic (exact) mass is 557 g/mol. The van der Waals surface area contributed by atoms with E-state index < -0.39 is 0 Å². The third-order valence-electron chi connectivity index (χ3n) is 3.19. The summed E-state index contributed by atoms with van der Waals surface area (Å²) in [5.41, 5.74) is 15.3. The number of primary amides is 1. The lowest BCUT2D eigenvalue weighted by Gasteiger charge is -2.05. The van der Waals surface area contributed by atoms with Gasteiger partial charge in [-0.2, -0.15) is 0 Å². The molecular weight excluding hydrogens is 494 g/mol. The molecule has 0 rings (SSSR count). The molecule has 0 fully saturated rings. The maximum Gasteiger partial charge on any atom is 0.217 e. The third kappa shape index (κ3) is 92.6. The molecule has 0 saturated heterocycles. The Balaban J connectivity index is -0.0000000903. The number of carbonyl (C=O) groups is 1. The number of rotatable bonds is 18. The van der Waals surface area contributed by atoms with E-state index in [4.69, 9.17) is 36.5 Å². The maximum absolute atomic E-state index is 9.82. The van der Waals surface area contributed by atoms with E-state index >= 15 is 0 Å². The van der Waals surface area contributed by atoms with Crippen LogP contribution in [0.5, 0.6) is 0 Å². The summed E-state index contributed by atoms with van der Waals surface area (Å²) in [6.45, 7) is 19.7. The Bertz CT molecular complexity index is 411. The van der Waals surface area contributed by atoms with Gasteiger partial charge in [0.1, 0.15) is 5.82 Å². The fourth-order valence-corrected chi connectivity index (χ4v) is 1.55. The summed E-state index contributed by atoms with van der Waals surface area (Å²) in [6, 6.07) is 0. The number of aliphatic hydroxyl groups excluding tert-OH is 1. The molecule has 12 nitrogen and oxygen atoms in total. The first kappa shape index (κ1) is 49.0. The number of hydrogen-bond donors (Lipinski definition) is 5. The topological polar surface area (TPSA) is 194 Å². The molecule has 0 aliphatic rings. The number of aliphatic hydroxyl groups is 1. The minimum Gasteiger partial charge on any atom is -0.396 e. The number of nitrogens with two attached hydrogens (primary N) is 3. The zero-order chi connectivity index (χ0) is 30.7. The van der Waals surface area contributed by atoms with E-state index in [0.29, 0.717) is 26.2 Å². The molecule has 0 aromatic rings. The minimum atomic E-state index is -0.211. The first-order chi connectivity index (χ1) is 18.3. The number of hydrogen-bond acceptors (Lipinski definition) is 11. The fourth-order valence-electron chi connectivity index (χ4n) is 1.55. The number of nitrogens with one attached hydrogen (secondary N) is 1. The molecule has 0 saturated carbocycles. The average molecular weight is 558 g/mol. The van der Waals surface area contributed by atoms with Gasteiger partial charge in [0.2, 0.25) is 5.91 Å². The number of ether oxygens (including phenoxy) is 3. The van der Waals surface area contributed by atoms with Crippen LogP contribution in [0.2, 0.25) is 0 Å². The summed E-state index contributed by atoms with van der Waals surface area (Å²) in [6.07, 6.45) is 7.27. The van der Waals surface area contributed by atoms with Crippen molar-refractivity contribution >= 4 is 5.91 Å². The van der Waals surface area contributed by atoms with Crippen molar-refractivity contribution in [1.82, 2.24) is 5.32 Å². The Morgan fingerprint density at radius 2 is 1.45 bits per heavy atom. The Hall–Kier alpha value is -1.99. The van der Waals surface area contributed by atoms with Crippen molar-refractivity contribution in [2.75, 3.05) is 59.8 Å². The molecule has 0 heterocycles. The van der Waals surface area contributed by atoms with Gasteiger partial charge in [-0.05, 0) is 52.0 Å². The molecule has 38 heavy (non-hydrogen) atoms. The molecule has 0 spiro atoms. The SMILES string of the molecule is CC.CCCC(N)=O.CCCO.CCCOC.CCCOCCCN/C(N)=C\ON=O.CCOCCCN. The van der Waals surface area contributed by atoms with Crippen LogP contribution in [0, 0.1) is 4.91 Å². The van der Waals surface area contributed by atoms with Gasteiger partial charge in [-0.25, -0.2) is 0 Å².